The highest BCUT2D eigenvalue weighted by molar-refractivity contribution is 6.57. The molecule has 18 heavy (non-hydrogen) atoms. The fourth-order valence-corrected chi connectivity index (χ4v) is 3.21. The molecular formula is C13H23NO3Si. The Kier molecular flexibility index (Phi) is 6.52. The van der Waals surface area contributed by atoms with Crippen LogP contribution in [0.5, 0.6) is 0 Å². The van der Waals surface area contributed by atoms with Crippen LogP contribution in [0.3, 0.4) is 0 Å². The van der Waals surface area contributed by atoms with Crippen LogP contribution in [-0.2, 0) is 26.2 Å². The molecule has 0 radical (unpaired) electrons. The fourth-order valence-electron chi connectivity index (χ4n) is 1.86. The Morgan fingerprint density at radius 1 is 1.06 bits per heavy atom. The van der Waals surface area contributed by atoms with Gasteiger partial charge in [-0.15, -0.1) is 0 Å². The first-order valence-corrected chi connectivity index (χ1v) is 7.90. The molecule has 0 aromatic heterocycles. The zero-order chi connectivity index (χ0) is 13.4. The normalized spacial score (nSPS) is 11.8. The van der Waals surface area contributed by atoms with E-state index in [0.29, 0.717) is 6.54 Å². The van der Waals surface area contributed by atoms with Crippen LogP contribution in [0.25, 0.3) is 0 Å². The van der Waals surface area contributed by atoms with Gasteiger partial charge in [-0.3, -0.25) is 4.98 Å². The van der Waals surface area contributed by atoms with E-state index in [9.17, 15) is 0 Å². The molecule has 1 rings (SSSR count). The number of hydrogen-bond acceptors (Lipinski definition) is 4. The second-order valence-electron chi connectivity index (χ2n) is 4.09. The minimum absolute atomic E-state index is 0.680. The van der Waals surface area contributed by atoms with Crippen LogP contribution in [0.2, 0.25) is 0 Å². The highest BCUT2D eigenvalue weighted by atomic mass is 28.4. The van der Waals surface area contributed by atoms with Gasteiger partial charge in [-0.05, 0) is 17.5 Å². The van der Waals surface area contributed by atoms with Crippen LogP contribution in [-0.4, -0.2) is 30.3 Å². The van der Waals surface area contributed by atoms with E-state index >= 15 is 0 Å². The third kappa shape index (κ3) is 4.19. The van der Waals surface area contributed by atoms with Gasteiger partial charge < -0.3 is 13.3 Å². The zero-order valence-electron chi connectivity index (χ0n) is 11.7. The molecule has 0 spiro atoms. The maximum absolute atomic E-state index is 5.32. The van der Waals surface area contributed by atoms with Crippen LogP contribution < -0.4 is 4.98 Å². The molecule has 0 fully saturated rings. The standard InChI is InChI=1S/C13H23NO3Si/c1-5-7-12-8-6-9-13(10-12)11-14-18(15-2,16-3)17-4/h6,8-10,14H,5,7,11H2,1-4H3. The van der Waals surface area contributed by atoms with Gasteiger partial charge in [0, 0.05) is 27.9 Å². The topological polar surface area (TPSA) is 39.7 Å². The number of aryl methyl sites for hydroxylation is 1. The molecule has 0 atom stereocenters. The van der Waals surface area contributed by atoms with Gasteiger partial charge in [0.25, 0.3) is 0 Å². The summed E-state index contributed by atoms with van der Waals surface area (Å²) in [6.07, 6.45) is 2.26. The first kappa shape index (κ1) is 15.3. The molecule has 0 aliphatic carbocycles. The largest absolute Gasteiger partial charge is 0.596 e. The summed E-state index contributed by atoms with van der Waals surface area (Å²) in [5, 5.41) is 0. The lowest BCUT2D eigenvalue weighted by molar-refractivity contribution is 0.109. The summed E-state index contributed by atoms with van der Waals surface area (Å²) in [4.78, 5) is 3.24. The summed E-state index contributed by atoms with van der Waals surface area (Å²) in [7, 11) is 2.10. The molecule has 0 heterocycles. The van der Waals surface area contributed by atoms with E-state index in [4.69, 9.17) is 13.3 Å². The quantitative estimate of drug-likeness (QED) is 0.734. The number of nitrogens with one attached hydrogen (secondary N) is 1. The maximum atomic E-state index is 5.32. The van der Waals surface area contributed by atoms with Gasteiger partial charge in [0.15, 0.2) is 0 Å². The van der Waals surface area contributed by atoms with E-state index in [1.54, 1.807) is 21.3 Å². The molecule has 0 saturated heterocycles. The molecule has 0 saturated carbocycles. The first-order valence-electron chi connectivity index (χ1n) is 6.18. The minimum Gasteiger partial charge on any atom is -0.364 e. The lowest BCUT2D eigenvalue weighted by atomic mass is 10.1. The Hall–Kier alpha value is -0.723. The van der Waals surface area contributed by atoms with Crippen molar-refractivity contribution in [3.8, 4) is 0 Å². The Labute approximate surface area is 111 Å². The lowest BCUT2D eigenvalue weighted by Gasteiger charge is -2.24. The molecule has 1 aromatic carbocycles. The Balaban J connectivity index is 2.64. The van der Waals surface area contributed by atoms with Crippen LogP contribution in [0.15, 0.2) is 24.3 Å². The molecule has 102 valence electrons. The Bertz CT molecular complexity index is 348. The molecule has 1 N–H and O–H groups in total. The van der Waals surface area contributed by atoms with Gasteiger partial charge in [0.1, 0.15) is 0 Å². The van der Waals surface area contributed by atoms with Crippen molar-refractivity contribution in [1.82, 2.24) is 4.98 Å². The summed E-state index contributed by atoms with van der Waals surface area (Å²) < 4.78 is 16.0. The second-order valence-corrected chi connectivity index (χ2v) is 6.78. The van der Waals surface area contributed by atoms with Crippen molar-refractivity contribution in [2.45, 2.75) is 26.3 Å². The van der Waals surface area contributed by atoms with Gasteiger partial charge in [0.05, 0.1) is 0 Å². The smallest absolute Gasteiger partial charge is 0.364 e. The van der Waals surface area contributed by atoms with Crippen molar-refractivity contribution in [2.75, 3.05) is 21.3 Å². The third-order valence-corrected chi connectivity index (χ3v) is 5.07. The van der Waals surface area contributed by atoms with Gasteiger partial charge in [-0.25, -0.2) is 0 Å². The molecule has 0 amide bonds. The zero-order valence-corrected chi connectivity index (χ0v) is 12.7. The summed E-state index contributed by atoms with van der Waals surface area (Å²) in [6.45, 7) is 2.86. The summed E-state index contributed by atoms with van der Waals surface area (Å²) in [5.41, 5.74) is 2.57. The van der Waals surface area contributed by atoms with Crippen LogP contribution >= 0.6 is 0 Å². The summed E-state index contributed by atoms with van der Waals surface area (Å²) in [6, 6.07) is 8.53. The maximum Gasteiger partial charge on any atom is 0.596 e. The molecule has 0 aliphatic rings. The molecule has 4 nitrogen and oxygen atoms in total. The third-order valence-electron chi connectivity index (χ3n) is 2.85. The predicted molar refractivity (Wildman–Crippen MR) is 74.1 cm³/mol. The Morgan fingerprint density at radius 2 is 1.67 bits per heavy atom. The second kappa shape index (κ2) is 7.65. The minimum atomic E-state index is -2.69. The van der Waals surface area contributed by atoms with Gasteiger partial charge in [0.2, 0.25) is 0 Å². The molecular weight excluding hydrogens is 246 g/mol. The average molecular weight is 269 g/mol. The van der Waals surface area contributed by atoms with Crippen molar-refractivity contribution >= 4 is 8.97 Å². The monoisotopic (exact) mass is 269 g/mol. The van der Waals surface area contributed by atoms with E-state index in [0.717, 1.165) is 12.8 Å². The van der Waals surface area contributed by atoms with Gasteiger partial charge in [-0.2, -0.15) is 0 Å². The Morgan fingerprint density at radius 3 is 2.22 bits per heavy atom. The van der Waals surface area contributed by atoms with Crippen LogP contribution in [0, 0.1) is 0 Å². The number of rotatable bonds is 8. The molecule has 1 aromatic rings. The van der Waals surface area contributed by atoms with E-state index in [2.05, 4.69) is 36.2 Å². The van der Waals surface area contributed by atoms with E-state index in [1.165, 1.54) is 11.1 Å². The van der Waals surface area contributed by atoms with E-state index < -0.39 is 8.97 Å². The van der Waals surface area contributed by atoms with Crippen molar-refractivity contribution in [3.05, 3.63) is 35.4 Å². The molecule has 0 aliphatic heterocycles. The fraction of sp³-hybridized carbons (Fsp3) is 0.538. The van der Waals surface area contributed by atoms with Crippen molar-refractivity contribution < 1.29 is 13.3 Å². The predicted octanol–water partition coefficient (Wildman–Crippen LogP) is 2.10. The number of benzene rings is 1. The molecule has 0 bridgehead atoms. The highest BCUT2D eigenvalue weighted by Crippen LogP contribution is 2.09. The molecule has 0 unspecified atom stereocenters. The summed E-state index contributed by atoms with van der Waals surface area (Å²) in [5.74, 6) is 0. The average Bonchev–Trinajstić information content (AvgIpc) is 2.42. The summed E-state index contributed by atoms with van der Waals surface area (Å²) >= 11 is 0. The highest BCUT2D eigenvalue weighted by Gasteiger charge is 2.38. The van der Waals surface area contributed by atoms with Crippen LogP contribution in [0.1, 0.15) is 24.5 Å². The SMILES string of the molecule is CCCc1cccc(CN[Si](OC)(OC)OC)c1. The lowest BCUT2D eigenvalue weighted by Crippen LogP contribution is -2.56. The van der Waals surface area contributed by atoms with E-state index in [1.807, 2.05) is 0 Å². The van der Waals surface area contributed by atoms with Crippen molar-refractivity contribution in [2.24, 2.45) is 0 Å². The van der Waals surface area contributed by atoms with Crippen molar-refractivity contribution in [1.29, 1.82) is 0 Å². The van der Waals surface area contributed by atoms with Crippen LogP contribution in [0.4, 0.5) is 0 Å². The first-order chi connectivity index (χ1) is 8.69. The van der Waals surface area contributed by atoms with Gasteiger partial charge >= 0.3 is 8.97 Å². The van der Waals surface area contributed by atoms with Gasteiger partial charge in [-0.1, -0.05) is 37.6 Å². The molecule has 5 heteroatoms. The number of hydrogen-bond donors (Lipinski definition) is 1. The van der Waals surface area contributed by atoms with E-state index in [-0.39, 0.29) is 0 Å². The van der Waals surface area contributed by atoms with Crippen molar-refractivity contribution in [3.63, 3.8) is 0 Å².